The molecule has 1 aromatic heterocycles. The second-order valence-electron chi connectivity index (χ2n) is 5.60. The molecule has 4 heteroatoms. The van der Waals surface area contributed by atoms with Crippen molar-refractivity contribution in [3.63, 3.8) is 0 Å². The Morgan fingerprint density at radius 2 is 2.16 bits per heavy atom. The molecule has 0 bridgehead atoms. The van der Waals surface area contributed by atoms with Gasteiger partial charge < -0.3 is 4.98 Å². The van der Waals surface area contributed by atoms with Gasteiger partial charge in [-0.05, 0) is 47.8 Å². The van der Waals surface area contributed by atoms with Gasteiger partial charge >= 0.3 is 0 Å². The van der Waals surface area contributed by atoms with Gasteiger partial charge in [-0.1, -0.05) is 39.5 Å². The molecule has 1 aliphatic rings. The molecule has 0 spiro atoms. The summed E-state index contributed by atoms with van der Waals surface area (Å²) in [6.45, 7) is 4.39. The molecule has 1 saturated carbocycles. The van der Waals surface area contributed by atoms with Crippen molar-refractivity contribution in [1.29, 1.82) is 0 Å². The Labute approximate surface area is 128 Å². The molecule has 1 fully saturated rings. The maximum Gasteiger partial charge on any atom is 0.264 e. The molecule has 0 aromatic carbocycles. The average Bonchev–Trinajstić information content (AvgIpc) is 2.44. The van der Waals surface area contributed by atoms with Crippen LogP contribution in [-0.4, -0.2) is 9.97 Å². The molecule has 1 heterocycles. The van der Waals surface area contributed by atoms with Gasteiger partial charge in [-0.25, -0.2) is 4.98 Å². The molecule has 3 nitrogen and oxygen atoms in total. The lowest BCUT2D eigenvalue weighted by atomic mass is 9.80. The third-order valence-corrected chi connectivity index (χ3v) is 5.30. The third kappa shape index (κ3) is 3.58. The molecule has 0 radical (unpaired) electrons. The second-order valence-corrected chi connectivity index (χ2v) is 6.68. The van der Waals surface area contributed by atoms with Gasteiger partial charge in [0.1, 0.15) is 5.82 Å². The Bertz CT molecular complexity index is 484. The Kier molecular flexibility index (Phi) is 5.42. The summed E-state index contributed by atoms with van der Waals surface area (Å²) in [7, 11) is 0. The monoisotopic (exact) mass is 374 g/mol. The highest BCUT2D eigenvalue weighted by atomic mass is 127. The summed E-state index contributed by atoms with van der Waals surface area (Å²) in [6.07, 6.45) is 8.14. The van der Waals surface area contributed by atoms with E-state index < -0.39 is 0 Å². The van der Waals surface area contributed by atoms with Gasteiger partial charge in [0.2, 0.25) is 0 Å². The minimum absolute atomic E-state index is 0.0488. The zero-order valence-corrected chi connectivity index (χ0v) is 14.0. The van der Waals surface area contributed by atoms with E-state index in [0.717, 1.165) is 33.8 Å². The number of aromatic nitrogens is 2. The van der Waals surface area contributed by atoms with Crippen molar-refractivity contribution >= 4 is 22.6 Å². The summed E-state index contributed by atoms with van der Waals surface area (Å²) in [5.74, 6) is 2.20. The topological polar surface area (TPSA) is 45.8 Å². The summed E-state index contributed by atoms with van der Waals surface area (Å²) in [4.78, 5) is 19.8. The number of hydrogen-bond acceptors (Lipinski definition) is 2. The largest absolute Gasteiger partial charge is 0.309 e. The normalized spacial score (nSPS) is 23.5. The molecule has 0 amide bonds. The van der Waals surface area contributed by atoms with Crippen molar-refractivity contribution in [2.75, 3.05) is 0 Å². The van der Waals surface area contributed by atoms with Gasteiger partial charge in [0.05, 0.1) is 9.26 Å². The average molecular weight is 374 g/mol. The predicted molar refractivity (Wildman–Crippen MR) is 86.6 cm³/mol. The highest BCUT2D eigenvalue weighted by Gasteiger charge is 2.24. The molecule has 0 saturated heterocycles. The van der Waals surface area contributed by atoms with Gasteiger partial charge in [0.15, 0.2) is 0 Å². The van der Waals surface area contributed by atoms with Crippen LogP contribution in [0.5, 0.6) is 0 Å². The lowest BCUT2D eigenvalue weighted by molar-refractivity contribution is 0.306. The smallest absolute Gasteiger partial charge is 0.264 e. The van der Waals surface area contributed by atoms with Gasteiger partial charge in [-0.2, -0.15) is 0 Å². The van der Waals surface area contributed by atoms with Crippen LogP contribution in [0.2, 0.25) is 0 Å². The fourth-order valence-electron chi connectivity index (χ4n) is 3.03. The molecule has 1 aliphatic carbocycles. The van der Waals surface area contributed by atoms with Crippen molar-refractivity contribution in [2.24, 2.45) is 5.92 Å². The highest BCUT2D eigenvalue weighted by molar-refractivity contribution is 14.1. The molecular weight excluding hydrogens is 351 g/mol. The summed E-state index contributed by atoms with van der Waals surface area (Å²) in [5, 5.41) is 0. The third-order valence-electron chi connectivity index (χ3n) is 4.18. The van der Waals surface area contributed by atoms with E-state index in [-0.39, 0.29) is 5.56 Å². The zero-order valence-electron chi connectivity index (χ0n) is 11.8. The maximum atomic E-state index is 12.0. The first kappa shape index (κ1) is 15.0. The molecule has 2 rings (SSSR count). The molecule has 0 aliphatic heterocycles. The Morgan fingerprint density at radius 1 is 1.37 bits per heavy atom. The van der Waals surface area contributed by atoms with Gasteiger partial charge in [0, 0.05) is 5.92 Å². The van der Waals surface area contributed by atoms with Crippen LogP contribution in [0.4, 0.5) is 0 Å². The van der Waals surface area contributed by atoms with Gasteiger partial charge in [-0.3, -0.25) is 4.79 Å². The number of rotatable bonds is 4. The van der Waals surface area contributed by atoms with Crippen LogP contribution >= 0.6 is 22.6 Å². The highest BCUT2D eigenvalue weighted by Crippen LogP contribution is 2.35. The number of halogens is 1. The summed E-state index contributed by atoms with van der Waals surface area (Å²) in [6, 6.07) is 0. The van der Waals surface area contributed by atoms with E-state index in [2.05, 4.69) is 41.4 Å². The van der Waals surface area contributed by atoms with E-state index in [1.165, 1.54) is 32.1 Å². The fourth-order valence-corrected chi connectivity index (χ4v) is 3.56. The zero-order chi connectivity index (χ0) is 13.8. The second kappa shape index (κ2) is 6.86. The molecule has 106 valence electrons. The molecule has 2 atom stereocenters. The summed E-state index contributed by atoms with van der Waals surface area (Å²) in [5.41, 5.74) is 1.04. The van der Waals surface area contributed by atoms with Crippen molar-refractivity contribution in [1.82, 2.24) is 9.97 Å². The van der Waals surface area contributed by atoms with E-state index in [9.17, 15) is 4.79 Å². The van der Waals surface area contributed by atoms with Crippen molar-refractivity contribution < 1.29 is 0 Å². The standard InChI is InChI=1S/C15H23IN2O/c1-3-6-12-13(16)15(19)18-14(17-12)11-8-5-7-10(4-2)9-11/h10-11H,3-9H2,1-2H3,(H,17,18,19). The Balaban J connectivity index is 2.26. The maximum absolute atomic E-state index is 12.0. The summed E-state index contributed by atoms with van der Waals surface area (Å²) >= 11 is 2.12. The van der Waals surface area contributed by atoms with Crippen LogP contribution in [0.1, 0.15) is 69.8 Å². The van der Waals surface area contributed by atoms with Crippen LogP contribution < -0.4 is 5.56 Å². The number of nitrogens with zero attached hydrogens (tertiary/aromatic N) is 1. The first-order valence-electron chi connectivity index (χ1n) is 7.44. The number of aryl methyl sites for hydroxylation is 1. The van der Waals surface area contributed by atoms with E-state index in [1.807, 2.05) is 0 Å². The van der Waals surface area contributed by atoms with E-state index in [1.54, 1.807) is 0 Å². The van der Waals surface area contributed by atoms with E-state index in [4.69, 9.17) is 4.98 Å². The van der Waals surface area contributed by atoms with Crippen molar-refractivity contribution in [3.8, 4) is 0 Å². The minimum Gasteiger partial charge on any atom is -0.309 e. The van der Waals surface area contributed by atoms with Crippen LogP contribution in [0.3, 0.4) is 0 Å². The van der Waals surface area contributed by atoms with E-state index in [0.29, 0.717) is 5.92 Å². The minimum atomic E-state index is 0.0488. The number of hydrogen-bond donors (Lipinski definition) is 1. The fraction of sp³-hybridized carbons (Fsp3) is 0.733. The quantitative estimate of drug-likeness (QED) is 0.810. The molecular formula is C15H23IN2O. The number of aromatic amines is 1. The van der Waals surface area contributed by atoms with Crippen molar-refractivity contribution in [2.45, 2.75) is 64.7 Å². The molecule has 1 N–H and O–H groups in total. The molecule has 19 heavy (non-hydrogen) atoms. The number of H-pyrrole nitrogens is 1. The Hall–Kier alpha value is -0.390. The van der Waals surface area contributed by atoms with Gasteiger partial charge in [0.25, 0.3) is 5.56 Å². The van der Waals surface area contributed by atoms with E-state index >= 15 is 0 Å². The lowest BCUT2D eigenvalue weighted by Gasteiger charge is -2.27. The Morgan fingerprint density at radius 3 is 2.84 bits per heavy atom. The molecule has 1 aromatic rings. The molecule has 2 unspecified atom stereocenters. The van der Waals surface area contributed by atoms with Crippen LogP contribution in [-0.2, 0) is 6.42 Å². The van der Waals surface area contributed by atoms with Crippen molar-refractivity contribution in [3.05, 3.63) is 25.4 Å². The summed E-state index contributed by atoms with van der Waals surface area (Å²) < 4.78 is 0.769. The van der Waals surface area contributed by atoms with Crippen LogP contribution in [0.15, 0.2) is 4.79 Å². The van der Waals surface area contributed by atoms with Crippen LogP contribution in [0.25, 0.3) is 0 Å². The lowest BCUT2D eigenvalue weighted by Crippen LogP contribution is -2.23. The first-order valence-corrected chi connectivity index (χ1v) is 8.52. The van der Waals surface area contributed by atoms with Crippen LogP contribution in [0, 0.1) is 9.49 Å². The first-order chi connectivity index (χ1) is 9.15. The van der Waals surface area contributed by atoms with Gasteiger partial charge in [-0.15, -0.1) is 0 Å². The number of nitrogens with one attached hydrogen (secondary N) is 1. The SMILES string of the molecule is CCCc1nc(C2CCCC(CC)C2)[nH]c(=O)c1I. The predicted octanol–water partition coefficient (Wildman–Crippen LogP) is 4.01.